The van der Waals surface area contributed by atoms with Crippen molar-refractivity contribution in [1.29, 1.82) is 0 Å². The number of hydrogen-bond donors (Lipinski definition) is 1. The van der Waals surface area contributed by atoms with Gasteiger partial charge in [0.25, 0.3) is 0 Å². The van der Waals surface area contributed by atoms with E-state index in [1.807, 2.05) is 24.3 Å². The number of benzene rings is 1. The molecular formula is C16H18N6. The van der Waals surface area contributed by atoms with Crippen molar-refractivity contribution in [2.24, 2.45) is 11.0 Å². The maximum absolute atomic E-state index is 4.63. The van der Waals surface area contributed by atoms with Crippen molar-refractivity contribution in [3.8, 4) is 0 Å². The summed E-state index contributed by atoms with van der Waals surface area (Å²) in [5.41, 5.74) is 5.17. The molecule has 1 aliphatic carbocycles. The van der Waals surface area contributed by atoms with Gasteiger partial charge in [-0.15, -0.1) is 15.3 Å². The highest BCUT2D eigenvalue weighted by Crippen LogP contribution is 2.25. The highest BCUT2D eigenvalue weighted by molar-refractivity contribution is 6.00. The van der Waals surface area contributed by atoms with Gasteiger partial charge in [-0.05, 0) is 25.2 Å². The second-order valence-electron chi connectivity index (χ2n) is 5.86. The minimum atomic E-state index is 0.547. The number of fused-ring (bicyclic) bond motifs is 3. The van der Waals surface area contributed by atoms with Crippen molar-refractivity contribution in [2.75, 3.05) is 5.43 Å². The maximum atomic E-state index is 4.63. The zero-order valence-corrected chi connectivity index (χ0v) is 12.5. The highest BCUT2D eigenvalue weighted by atomic mass is 15.4. The number of hydrazone groups is 1. The van der Waals surface area contributed by atoms with Crippen LogP contribution in [0.1, 0.15) is 32.6 Å². The Hall–Kier alpha value is -2.50. The lowest BCUT2D eigenvalue weighted by atomic mass is 9.89. The summed E-state index contributed by atoms with van der Waals surface area (Å²) in [5.74, 6) is 1.29. The van der Waals surface area contributed by atoms with Gasteiger partial charge in [0.15, 0.2) is 11.5 Å². The average Bonchev–Trinajstić information content (AvgIpc) is 3.02. The molecule has 1 saturated carbocycles. The first-order valence-corrected chi connectivity index (χ1v) is 7.74. The van der Waals surface area contributed by atoms with Crippen molar-refractivity contribution in [2.45, 2.75) is 32.6 Å². The summed E-state index contributed by atoms with van der Waals surface area (Å²) < 4.78 is 1.69. The molecular weight excluding hydrogens is 276 g/mol. The van der Waals surface area contributed by atoms with Crippen LogP contribution in [-0.2, 0) is 0 Å². The SMILES string of the molecule is CC1CCCCC1=NNc1nn2cnnc2c2ccccc12. The van der Waals surface area contributed by atoms with Crippen molar-refractivity contribution >= 4 is 27.9 Å². The molecule has 2 heterocycles. The Balaban J connectivity index is 1.78. The molecule has 2 aromatic heterocycles. The number of anilines is 1. The van der Waals surface area contributed by atoms with Gasteiger partial charge < -0.3 is 0 Å². The number of nitrogens with one attached hydrogen (secondary N) is 1. The van der Waals surface area contributed by atoms with Crippen LogP contribution in [-0.4, -0.2) is 25.5 Å². The Labute approximate surface area is 128 Å². The molecule has 3 aromatic rings. The standard InChI is InChI=1S/C16H18N6/c1-11-6-2-5-9-14(11)18-19-15-12-7-3-4-8-13(12)16-20-17-10-22(16)21-15/h3-4,7-8,10-11H,2,5-6,9H2,1H3,(H,19,21). The Bertz CT molecular complexity index is 850. The average molecular weight is 294 g/mol. The van der Waals surface area contributed by atoms with Crippen LogP contribution >= 0.6 is 0 Å². The number of rotatable bonds is 2. The molecule has 1 aliphatic rings. The third kappa shape index (κ3) is 2.20. The van der Waals surface area contributed by atoms with Crippen LogP contribution in [0, 0.1) is 5.92 Å². The number of hydrogen-bond acceptors (Lipinski definition) is 5. The lowest BCUT2D eigenvalue weighted by Crippen LogP contribution is -2.17. The Morgan fingerprint density at radius 1 is 1.23 bits per heavy atom. The molecule has 1 aromatic carbocycles. The van der Waals surface area contributed by atoms with Crippen LogP contribution in [0.2, 0.25) is 0 Å². The van der Waals surface area contributed by atoms with Gasteiger partial charge in [-0.25, -0.2) is 0 Å². The van der Waals surface area contributed by atoms with Gasteiger partial charge in [0.2, 0.25) is 0 Å². The lowest BCUT2D eigenvalue weighted by Gasteiger charge is -2.20. The fourth-order valence-corrected chi connectivity index (χ4v) is 3.07. The van der Waals surface area contributed by atoms with E-state index in [-0.39, 0.29) is 0 Å². The van der Waals surface area contributed by atoms with Crippen molar-refractivity contribution in [3.05, 3.63) is 30.6 Å². The fraction of sp³-hybridized carbons (Fsp3) is 0.375. The summed E-state index contributed by atoms with van der Waals surface area (Å²) in [6, 6.07) is 8.06. The van der Waals surface area contributed by atoms with E-state index >= 15 is 0 Å². The van der Waals surface area contributed by atoms with E-state index in [2.05, 4.69) is 32.7 Å². The van der Waals surface area contributed by atoms with Crippen LogP contribution in [0.4, 0.5) is 5.82 Å². The van der Waals surface area contributed by atoms with Gasteiger partial charge in [-0.3, -0.25) is 5.43 Å². The maximum Gasteiger partial charge on any atom is 0.185 e. The first kappa shape index (κ1) is 13.2. The van der Waals surface area contributed by atoms with Gasteiger partial charge in [0.05, 0.1) is 0 Å². The molecule has 0 radical (unpaired) electrons. The molecule has 1 atom stereocenters. The van der Waals surface area contributed by atoms with E-state index in [9.17, 15) is 0 Å². The smallest absolute Gasteiger partial charge is 0.185 e. The minimum absolute atomic E-state index is 0.547. The second kappa shape index (κ2) is 5.36. The summed E-state index contributed by atoms with van der Waals surface area (Å²) in [7, 11) is 0. The Kier molecular flexibility index (Phi) is 3.21. The van der Waals surface area contributed by atoms with Crippen LogP contribution in [0.3, 0.4) is 0 Å². The van der Waals surface area contributed by atoms with E-state index in [4.69, 9.17) is 0 Å². The van der Waals surface area contributed by atoms with Crippen LogP contribution in [0.15, 0.2) is 35.7 Å². The van der Waals surface area contributed by atoms with E-state index in [0.29, 0.717) is 5.92 Å². The topological polar surface area (TPSA) is 67.5 Å². The largest absolute Gasteiger partial charge is 0.259 e. The number of nitrogens with zero attached hydrogens (tertiary/aromatic N) is 5. The lowest BCUT2D eigenvalue weighted by molar-refractivity contribution is 0.558. The molecule has 0 bridgehead atoms. The van der Waals surface area contributed by atoms with Gasteiger partial charge in [0.1, 0.15) is 6.33 Å². The quantitative estimate of drug-likeness (QED) is 0.737. The predicted octanol–water partition coefficient (Wildman–Crippen LogP) is 3.26. The van der Waals surface area contributed by atoms with Crippen molar-refractivity contribution < 1.29 is 0 Å². The molecule has 22 heavy (non-hydrogen) atoms. The van der Waals surface area contributed by atoms with Gasteiger partial charge >= 0.3 is 0 Å². The molecule has 6 nitrogen and oxygen atoms in total. The van der Waals surface area contributed by atoms with E-state index < -0.39 is 0 Å². The van der Waals surface area contributed by atoms with Gasteiger partial charge in [-0.2, -0.15) is 9.62 Å². The summed E-state index contributed by atoms with van der Waals surface area (Å²) in [5, 5.41) is 19.3. The predicted molar refractivity (Wildman–Crippen MR) is 87.0 cm³/mol. The minimum Gasteiger partial charge on any atom is -0.259 e. The first-order valence-electron chi connectivity index (χ1n) is 7.74. The Morgan fingerprint density at radius 2 is 2.09 bits per heavy atom. The van der Waals surface area contributed by atoms with Crippen LogP contribution < -0.4 is 5.43 Å². The normalized spacial score (nSPS) is 20.8. The summed E-state index contributed by atoms with van der Waals surface area (Å²) in [6.07, 6.45) is 6.43. The highest BCUT2D eigenvalue weighted by Gasteiger charge is 2.16. The molecule has 1 unspecified atom stereocenters. The second-order valence-corrected chi connectivity index (χ2v) is 5.86. The molecule has 4 rings (SSSR count). The third-order valence-corrected chi connectivity index (χ3v) is 4.36. The third-order valence-electron chi connectivity index (χ3n) is 4.36. The summed E-state index contributed by atoms with van der Waals surface area (Å²) in [4.78, 5) is 0. The molecule has 0 spiro atoms. The molecule has 0 aliphatic heterocycles. The van der Waals surface area contributed by atoms with E-state index in [0.717, 1.165) is 28.7 Å². The summed E-state index contributed by atoms with van der Waals surface area (Å²) in [6.45, 7) is 2.24. The Morgan fingerprint density at radius 3 is 2.95 bits per heavy atom. The van der Waals surface area contributed by atoms with Gasteiger partial charge in [0, 0.05) is 16.5 Å². The molecule has 1 fully saturated rings. The monoisotopic (exact) mass is 294 g/mol. The zero-order chi connectivity index (χ0) is 14.9. The van der Waals surface area contributed by atoms with Gasteiger partial charge in [-0.1, -0.05) is 37.6 Å². The zero-order valence-electron chi connectivity index (χ0n) is 12.5. The molecule has 0 saturated heterocycles. The van der Waals surface area contributed by atoms with Crippen LogP contribution in [0.25, 0.3) is 16.4 Å². The first-order chi connectivity index (χ1) is 10.8. The van der Waals surface area contributed by atoms with E-state index in [1.165, 1.54) is 25.0 Å². The van der Waals surface area contributed by atoms with Crippen molar-refractivity contribution in [1.82, 2.24) is 19.8 Å². The van der Waals surface area contributed by atoms with E-state index in [1.54, 1.807) is 10.8 Å². The van der Waals surface area contributed by atoms with Crippen molar-refractivity contribution in [3.63, 3.8) is 0 Å². The molecule has 0 amide bonds. The van der Waals surface area contributed by atoms with Crippen LogP contribution in [0.5, 0.6) is 0 Å². The molecule has 6 heteroatoms. The summed E-state index contributed by atoms with van der Waals surface area (Å²) >= 11 is 0. The number of aromatic nitrogens is 4. The molecule has 1 N–H and O–H groups in total. The molecule has 112 valence electrons. The fourth-order valence-electron chi connectivity index (χ4n) is 3.07.